The molecule has 2 heterocycles. The number of rotatable bonds is 5. The van der Waals surface area contributed by atoms with Crippen LogP contribution in [0.15, 0.2) is 151 Å². The van der Waals surface area contributed by atoms with Crippen LogP contribution in [0.2, 0.25) is 0 Å². The summed E-state index contributed by atoms with van der Waals surface area (Å²) < 4.78 is 0. The molecule has 44 heavy (non-hydrogen) atoms. The van der Waals surface area contributed by atoms with Crippen molar-refractivity contribution in [3.05, 3.63) is 162 Å². The minimum atomic E-state index is 0.242. The second kappa shape index (κ2) is 12.1. The molecule has 1 aromatic heterocycles. The van der Waals surface area contributed by atoms with E-state index in [1.165, 1.54) is 16.7 Å². The highest BCUT2D eigenvalue weighted by molar-refractivity contribution is 5.74. The predicted octanol–water partition coefficient (Wildman–Crippen LogP) is 8.71. The van der Waals surface area contributed by atoms with Crippen molar-refractivity contribution >= 4 is 11.3 Å². The lowest BCUT2D eigenvalue weighted by atomic mass is 9.93. The molecule has 0 fully saturated rings. The zero-order valence-electron chi connectivity index (χ0n) is 24.6. The van der Waals surface area contributed by atoms with Gasteiger partial charge in [-0.15, -0.1) is 0 Å². The smallest absolute Gasteiger partial charge is 0.181 e. The Bertz CT molecular complexity index is 1900. The molecule has 4 aromatic rings. The van der Waals surface area contributed by atoms with Gasteiger partial charge in [0.15, 0.2) is 17.5 Å². The number of nitrogens with zero attached hydrogens (tertiary/aromatic N) is 4. The van der Waals surface area contributed by atoms with E-state index >= 15 is 0 Å². The van der Waals surface area contributed by atoms with Gasteiger partial charge in [-0.25, -0.2) is 20.8 Å². The average Bonchev–Trinajstić information content (AvgIpc) is 3.09. The maximum absolute atomic E-state index is 6.80. The molecule has 0 bridgehead atoms. The van der Waals surface area contributed by atoms with Gasteiger partial charge in [-0.3, -0.25) is 5.01 Å². The molecule has 3 aromatic carbocycles. The summed E-state index contributed by atoms with van der Waals surface area (Å²) in [6.45, 7) is 2.17. The van der Waals surface area contributed by atoms with E-state index in [1.807, 2.05) is 30.4 Å². The number of hydrazine groups is 1. The van der Waals surface area contributed by atoms with E-state index in [1.54, 1.807) is 5.01 Å². The molecular weight excluding hydrogens is 538 g/mol. The monoisotopic (exact) mass is 571 g/mol. The van der Waals surface area contributed by atoms with E-state index in [-0.39, 0.29) is 5.92 Å². The van der Waals surface area contributed by atoms with Gasteiger partial charge < -0.3 is 0 Å². The lowest BCUT2D eigenvalue weighted by molar-refractivity contribution is 0.514. The van der Waals surface area contributed by atoms with Crippen LogP contribution in [0.1, 0.15) is 31.2 Å². The average molecular weight is 572 g/mol. The second-order valence-corrected chi connectivity index (χ2v) is 11.1. The van der Waals surface area contributed by atoms with E-state index < -0.39 is 0 Å². The van der Waals surface area contributed by atoms with Gasteiger partial charge in [0.05, 0.1) is 5.70 Å². The lowest BCUT2D eigenvalue weighted by Gasteiger charge is -2.28. The second-order valence-electron chi connectivity index (χ2n) is 11.1. The molecule has 5 nitrogen and oxygen atoms in total. The third-order valence-corrected chi connectivity index (χ3v) is 8.24. The van der Waals surface area contributed by atoms with Crippen molar-refractivity contribution in [2.75, 3.05) is 0 Å². The third-order valence-electron chi connectivity index (χ3n) is 8.24. The van der Waals surface area contributed by atoms with Gasteiger partial charge in [-0.05, 0) is 52.8 Å². The molecule has 7 rings (SSSR count). The highest BCUT2D eigenvalue weighted by atomic mass is 15.4. The molecule has 1 atom stereocenters. The van der Waals surface area contributed by atoms with Crippen LogP contribution >= 0.6 is 0 Å². The molecule has 0 saturated heterocycles. The van der Waals surface area contributed by atoms with Gasteiger partial charge in [0.1, 0.15) is 5.70 Å². The first-order valence-electron chi connectivity index (χ1n) is 15.0. The Hall–Kier alpha value is -5.39. The van der Waals surface area contributed by atoms with Crippen molar-refractivity contribution in [3.8, 4) is 33.9 Å². The van der Waals surface area contributed by atoms with Gasteiger partial charge in [0.2, 0.25) is 0 Å². The Balaban J connectivity index is 1.30. The molecule has 1 unspecified atom stereocenters. The van der Waals surface area contributed by atoms with Crippen molar-refractivity contribution in [2.45, 2.75) is 19.8 Å². The molecule has 0 radical (unpaired) electrons. The summed E-state index contributed by atoms with van der Waals surface area (Å²) in [4.78, 5) is 14.9. The number of allylic oxidation sites excluding steroid dienone is 12. The molecule has 0 saturated carbocycles. The van der Waals surface area contributed by atoms with Gasteiger partial charge in [0.25, 0.3) is 0 Å². The van der Waals surface area contributed by atoms with Crippen LogP contribution in [-0.4, -0.2) is 20.0 Å². The van der Waals surface area contributed by atoms with Crippen LogP contribution in [0.5, 0.6) is 0 Å². The largest absolute Gasteiger partial charge is 0.276 e. The molecule has 3 aliphatic rings. The van der Waals surface area contributed by atoms with Crippen molar-refractivity contribution < 1.29 is 0 Å². The van der Waals surface area contributed by atoms with Gasteiger partial charge >= 0.3 is 0 Å². The predicted molar refractivity (Wildman–Crippen MR) is 180 cm³/mol. The Kier molecular flexibility index (Phi) is 7.53. The van der Waals surface area contributed by atoms with E-state index in [4.69, 9.17) is 20.8 Å². The minimum Gasteiger partial charge on any atom is -0.276 e. The first kappa shape index (κ1) is 27.4. The van der Waals surface area contributed by atoms with Crippen LogP contribution in [0.4, 0.5) is 0 Å². The number of benzene rings is 3. The number of nitrogens with two attached hydrogens (primary N) is 1. The van der Waals surface area contributed by atoms with Crippen molar-refractivity contribution in [1.82, 2.24) is 20.0 Å². The highest BCUT2D eigenvalue weighted by Gasteiger charge is 2.23. The molecule has 2 N–H and O–H groups in total. The maximum atomic E-state index is 6.80. The van der Waals surface area contributed by atoms with Crippen LogP contribution in [0.3, 0.4) is 0 Å². The summed E-state index contributed by atoms with van der Waals surface area (Å²) in [6.07, 6.45) is 23.1. The maximum Gasteiger partial charge on any atom is 0.181 e. The van der Waals surface area contributed by atoms with Gasteiger partial charge in [0, 0.05) is 17.0 Å². The quantitative estimate of drug-likeness (QED) is 0.243. The summed E-state index contributed by atoms with van der Waals surface area (Å²) in [7, 11) is 0. The minimum absolute atomic E-state index is 0.242. The van der Waals surface area contributed by atoms with Crippen LogP contribution in [0, 0.1) is 5.92 Å². The zero-order chi connectivity index (χ0) is 29.9. The molecule has 5 heteroatoms. The fourth-order valence-corrected chi connectivity index (χ4v) is 5.77. The fourth-order valence-electron chi connectivity index (χ4n) is 5.77. The van der Waals surface area contributed by atoms with E-state index in [0.29, 0.717) is 23.2 Å². The van der Waals surface area contributed by atoms with Crippen LogP contribution in [0.25, 0.3) is 45.2 Å². The first-order valence-corrected chi connectivity index (χ1v) is 15.0. The van der Waals surface area contributed by atoms with Gasteiger partial charge in [-0.1, -0.05) is 134 Å². The molecule has 0 amide bonds. The summed E-state index contributed by atoms with van der Waals surface area (Å²) in [5, 5.41) is 1.70. The Labute approximate surface area is 258 Å². The lowest BCUT2D eigenvalue weighted by Crippen LogP contribution is -2.32. The standard InChI is InChI=1S/C39H33N5/c1-27-11-8-9-16-34(27)35-17-10-18-36(44(35)40)39-42-37(32-23-19-30(20-24-32)28-12-4-2-5-13-28)41-38(43-39)33-25-21-31(22-26-33)29-14-6-3-7-15-29/h2-6,8-14,16-27H,7,15,40H2,1H3/b35-34-. The Morgan fingerprint density at radius 1 is 0.636 bits per heavy atom. The van der Waals surface area contributed by atoms with E-state index in [2.05, 4.69) is 116 Å². The number of hydrogen-bond acceptors (Lipinski definition) is 5. The van der Waals surface area contributed by atoms with E-state index in [0.717, 1.165) is 40.8 Å². The SMILES string of the molecule is CC1C=CC=C/C1=C1\C=CC=C(c2nc(-c3ccc(C4=CC=CCC4)cc3)nc(-c3ccc(-c4ccccc4)cc3)n2)N1N. The van der Waals surface area contributed by atoms with Gasteiger partial charge in [-0.2, -0.15) is 0 Å². The normalized spacial score (nSPS) is 19.2. The number of aromatic nitrogens is 3. The van der Waals surface area contributed by atoms with Crippen LogP contribution in [-0.2, 0) is 0 Å². The Morgan fingerprint density at radius 2 is 1.27 bits per heavy atom. The zero-order valence-corrected chi connectivity index (χ0v) is 24.6. The van der Waals surface area contributed by atoms with E-state index in [9.17, 15) is 0 Å². The Morgan fingerprint density at radius 3 is 1.93 bits per heavy atom. The van der Waals surface area contributed by atoms with Crippen LogP contribution < -0.4 is 5.84 Å². The summed E-state index contributed by atoms with van der Waals surface area (Å²) in [5.74, 6) is 8.77. The fraction of sp³-hybridized carbons (Fsp3) is 0.103. The summed E-state index contributed by atoms with van der Waals surface area (Å²) >= 11 is 0. The molecule has 214 valence electrons. The topological polar surface area (TPSA) is 67.9 Å². The molecule has 1 aliphatic heterocycles. The summed E-state index contributed by atoms with van der Waals surface area (Å²) in [5.41, 5.74) is 9.48. The molecule has 0 spiro atoms. The molecule has 2 aliphatic carbocycles. The number of hydrogen-bond donors (Lipinski definition) is 1. The summed E-state index contributed by atoms with van der Waals surface area (Å²) in [6, 6.07) is 27.2. The van der Waals surface area contributed by atoms with Crippen molar-refractivity contribution in [3.63, 3.8) is 0 Å². The molecular formula is C39H33N5. The first-order chi connectivity index (χ1) is 21.6. The van der Waals surface area contributed by atoms with Crippen molar-refractivity contribution in [1.29, 1.82) is 0 Å². The highest BCUT2D eigenvalue weighted by Crippen LogP contribution is 2.32. The third kappa shape index (κ3) is 5.53. The van der Waals surface area contributed by atoms with Crippen molar-refractivity contribution in [2.24, 2.45) is 11.8 Å².